The summed E-state index contributed by atoms with van der Waals surface area (Å²) in [4.78, 5) is 1.73. The van der Waals surface area contributed by atoms with Crippen molar-refractivity contribution in [3.63, 3.8) is 0 Å². The third-order valence-electron chi connectivity index (χ3n) is 0.794. The fourth-order valence-electron chi connectivity index (χ4n) is 0.380. The predicted molar refractivity (Wildman–Crippen MR) is 44.0 cm³/mol. The van der Waals surface area contributed by atoms with Crippen molar-refractivity contribution in [3.05, 3.63) is 22.8 Å². The monoisotopic (exact) mass is 188 g/mol. The van der Waals surface area contributed by atoms with E-state index in [1.54, 1.807) is 11.1 Å². The summed E-state index contributed by atoms with van der Waals surface area (Å²) in [6.45, 7) is 0. The Morgan fingerprint density at radius 1 is 1.67 bits per heavy atom. The van der Waals surface area contributed by atoms with Crippen molar-refractivity contribution in [2.24, 2.45) is 0 Å². The zero-order valence-corrected chi connectivity index (χ0v) is 6.77. The molecule has 0 aliphatic heterocycles. The quantitative estimate of drug-likeness (QED) is 0.513. The summed E-state index contributed by atoms with van der Waals surface area (Å²) < 4.78 is 0. The lowest BCUT2D eigenvalue weighted by molar-refractivity contribution is 1.04. The van der Waals surface area contributed by atoms with E-state index in [0.717, 1.165) is 5.70 Å². The Bertz CT molecular complexity index is 138. The van der Waals surface area contributed by atoms with E-state index < -0.39 is 0 Å². The lowest BCUT2D eigenvalue weighted by atomic mass is 10.4. The van der Waals surface area contributed by atoms with Gasteiger partial charge >= 0.3 is 0 Å². The molecule has 3 heteroatoms. The number of hydrogen-bond donors (Lipinski definition) is 2. The predicted octanol–water partition coefficient (Wildman–Crippen LogP) is 1.65. The molecule has 2 nitrogen and oxygen atoms in total. The highest BCUT2D eigenvalue weighted by Crippen LogP contribution is 1.91. The van der Waals surface area contributed by atoms with E-state index in [4.69, 9.17) is 5.41 Å². The number of rotatable bonds is 3. The maximum Gasteiger partial charge on any atom is 0.0357 e. The second-order valence-corrected chi connectivity index (χ2v) is 1.86. The number of likely N-dealkylation sites (N-methyl/N-ethyl adjacent to an activating group) is 1. The lowest BCUT2D eigenvalue weighted by Gasteiger charge is -1.94. The molecule has 0 spiro atoms. The molecule has 0 amide bonds. The largest absolute Gasteiger partial charge is 0.388 e. The molecule has 0 aromatic heterocycles. The fourth-order valence-corrected chi connectivity index (χ4v) is 0.665. The van der Waals surface area contributed by atoms with Gasteiger partial charge < -0.3 is 10.7 Å². The molecule has 0 saturated heterocycles. The van der Waals surface area contributed by atoms with Crippen LogP contribution in [0.25, 0.3) is 0 Å². The van der Waals surface area contributed by atoms with Crippen LogP contribution in [-0.4, -0.2) is 13.3 Å². The Balaban J connectivity index is 3.96. The fraction of sp³-hybridized carbons (Fsp3) is 0.167. The first-order valence-electron chi connectivity index (χ1n) is 2.50. The van der Waals surface area contributed by atoms with Crippen molar-refractivity contribution in [2.45, 2.75) is 0 Å². The summed E-state index contributed by atoms with van der Waals surface area (Å²) in [7, 11) is 1.81. The van der Waals surface area contributed by atoms with Gasteiger partial charge in [-0.3, -0.25) is 0 Å². The van der Waals surface area contributed by atoms with E-state index in [2.05, 4.69) is 21.2 Å². The summed E-state index contributed by atoms with van der Waals surface area (Å²) in [5.41, 5.74) is 0.905. The molecule has 0 heterocycles. The van der Waals surface area contributed by atoms with Crippen molar-refractivity contribution in [1.82, 2.24) is 5.32 Å². The molecule has 0 aliphatic carbocycles. The average Bonchev–Trinajstić information content (AvgIpc) is 1.88. The molecule has 0 unspecified atom stereocenters. The van der Waals surface area contributed by atoms with Crippen molar-refractivity contribution >= 4 is 22.1 Å². The average molecular weight is 189 g/mol. The molecule has 0 saturated carbocycles. The van der Waals surface area contributed by atoms with Crippen LogP contribution in [0.2, 0.25) is 0 Å². The number of halogens is 1. The Hall–Kier alpha value is -0.570. The van der Waals surface area contributed by atoms with Crippen molar-refractivity contribution in [1.29, 1.82) is 5.41 Å². The Morgan fingerprint density at radius 2 is 2.33 bits per heavy atom. The van der Waals surface area contributed by atoms with Crippen LogP contribution in [0.1, 0.15) is 0 Å². The first-order chi connectivity index (χ1) is 4.35. The maximum absolute atomic E-state index is 6.72. The van der Waals surface area contributed by atoms with Gasteiger partial charge in [0.05, 0.1) is 0 Å². The van der Waals surface area contributed by atoms with Crippen LogP contribution in [-0.2, 0) is 0 Å². The second-order valence-electron chi connectivity index (χ2n) is 1.33. The minimum atomic E-state index is 0.905. The summed E-state index contributed by atoms with van der Waals surface area (Å²) in [5.74, 6) is 0. The highest BCUT2D eigenvalue weighted by molar-refractivity contribution is 9.11. The molecule has 0 rings (SSSR count). The van der Waals surface area contributed by atoms with Crippen LogP contribution < -0.4 is 5.32 Å². The van der Waals surface area contributed by atoms with E-state index in [1.807, 2.05) is 13.1 Å². The van der Waals surface area contributed by atoms with Gasteiger partial charge in [-0.2, -0.15) is 0 Å². The van der Waals surface area contributed by atoms with E-state index in [1.165, 1.54) is 6.21 Å². The molecule has 9 heavy (non-hydrogen) atoms. The summed E-state index contributed by atoms with van der Waals surface area (Å²) in [6.07, 6.45) is 4.72. The van der Waals surface area contributed by atoms with Crippen molar-refractivity contribution in [2.75, 3.05) is 7.05 Å². The van der Waals surface area contributed by atoms with E-state index in [9.17, 15) is 0 Å². The molecule has 0 bridgehead atoms. The van der Waals surface area contributed by atoms with Gasteiger partial charge in [-0.1, -0.05) is 15.9 Å². The van der Waals surface area contributed by atoms with Crippen LogP contribution in [0, 0.1) is 5.41 Å². The molecule has 50 valence electrons. The Morgan fingerprint density at radius 3 is 2.67 bits per heavy atom. The van der Waals surface area contributed by atoms with Crippen LogP contribution in [0.4, 0.5) is 0 Å². The SMILES string of the molecule is CNC(/C=C/Br)=C/C=N. The van der Waals surface area contributed by atoms with Gasteiger partial charge in [0.25, 0.3) is 0 Å². The van der Waals surface area contributed by atoms with Crippen molar-refractivity contribution < 1.29 is 0 Å². The molecule has 0 aromatic carbocycles. The Labute approximate surface area is 63.3 Å². The van der Waals surface area contributed by atoms with Crippen LogP contribution in [0.5, 0.6) is 0 Å². The van der Waals surface area contributed by atoms with Crippen LogP contribution >= 0.6 is 15.9 Å². The van der Waals surface area contributed by atoms with E-state index in [0.29, 0.717) is 0 Å². The molecule has 2 N–H and O–H groups in total. The molecule has 0 fully saturated rings. The number of allylic oxidation sites excluding steroid dienone is 2. The zero-order chi connectivity index (χ0) is 7.11. The summed E-state index contributed by atoms with van der Waals surface area (Å²) in [6, 6.07) is 0. The topological polar surface area (TPSA) is 35.9 Å². The molecule has 0 radical (unpaired) electrons. The molecular weight excluding hydrogens is 180 g/mol. The van der Waals surface area contributed by atoms with Crippen LogP contribution in [0.3, 0.4) is 0 Å². The normalized spacial score (nSPS) is 12.0. The maximum atomic E-state index is 6.72. The number of nitrogens with one attached hydrogen (secondary N) is 2. The number of hydrogen-bond acceptors (Lipinski definition) is 2. The standard InChI is InChI=1S/C6H9BrN2/c1-9-6(2-4-7)3-5-8/h2-5,8-9H,1H3/b4-2+,6-3+,8-5?. The second kappa shape index (κ2) is 5.56. The molecular formula is C6H9BrN2. The zero-order valence-electron chi connectivity index (χ0n) is 5.19. The highest BCUT2D eigenvalue weighted by Gasteiger charge is 1.79. The van der Waals surface area contributed by atoms with Gasteiger partial charge in [-0.25, -0.2) is 0 Å². The summed E-state index contributed by atoms with van der Waals surface area (Å²) in [5, 5.41) is 9.62. The first-order valence-corrected chi connectivity index (χ1v) is 3.42. The van der Waals surface area contributed by atoms with Gasteiger partial charge in [0.1, 0.15) is 0 Å². The van der Waals surface area contributed by atoms with Gasteiger partial charge in [0.15, 0.2) is 0 Å². The third kappa shape index (κ3) is 3.97. The van der Waals surface area contributed by atoms with Gasteiger partial charge in [-0.05, 0) is 17.1 Å². The highest BCUT2D eigenvalue weighted by atomic mass is 79.9. The van der Waals surface area contributed by atoms with Gasteiger partial charge in [0.2, 0.25) is 0 Å². The first kappa shape index (κ1) is 8.43. The molecule has 0 atom stereocenters. The minimum absolute atomic E-state index is 0.905. The van der Waals surface area contributed by atoms with E-state index in [-0.39, 0.29) is 0 Å². The van der Waals surface area contributed by atoms with E-state index >= 15 is 0 Å². The third-order valence-corrected chi connectivity index (χ3v) is 1.06. The molecule has 0 aliphatic rings. The molecule has 0 aromatic rings. The van der Waals surface area contributed by atoms with Crippen LogP contribution in [0.15, 0.2) is 22.8 Å². The Kier molecular flexibility index (Phi) is 5.21. The van der Waals surface area contributed by atoms with Crippen molar-refractivity contribution in [3.8, 4) is 0 Å². The summed E-state index contributed by atoms with van der Waals surface area (Å²) >= 11 is 3.12. The lowest BCUT2D eigenvalue weighted by Crippen LogP contribution is -2.02. The minimum Gasteiger partial charge on any atom is -0.388 e. The smallest absolute Gasteiger partial charge is 0.0357 e. The van der Waals surface area contributed by atoms with Gasteiger partial charge in [0, 0.05) is 19.0 Å². The van der Waals surface area contributed by atoms with Gasteiger partial charge in [-0.15, -0.1) is 0 Å².